The average Bonchev–Trinajstić information content (AvgIpc) is 2.74. The molecular formula is C26H44N4O5. The first kappa shape index (κ1) is 28.8. The minimum atomic E-state index is -1.09. The number of carboxylic acids is 1. The van der Waals surface area contributed by atoms with E-state index in [2.05, 4.69) is 27.7 Å². The highest BCUT2D eigenvalue weighted by Crippen LogP contribution is 2.20. The zero-order chi connectivity index (χ0) is 26.1. The van der Waals surface area contributed by atoms with Crippen LogP contribution in [0.1, 0.15) is 78.0 Å². The number of hydrogen-bond donors (Lipinski definition) is 4. The van der Waals surface area contributed by atoms with E-state index < -0.39 is 29.3 Å². The molecule has 0 radical (unpaired) electrons. The summed E-state index contributed by atoms with van der Waals surface area (Å²) >= 11 is 0. The number of carbonyl (C=O) groups is 2. The van der Waals surface area contributed by atoms with E-state index in [1.54, 1.807) is 34.6 Å². The second-order valence-corrected chi connectivity index (χ2v) is 11.0. The van der Waals surface area contributed by atoms with Gasteiger partial charge in [0.05, 0.1) is 5.60 Å². The Kier molecular flexibility index (Phi) is 10.8. The van der Waals surface area contributed by atoms with Crippen molar-refractivity contribution in [1.29, 1.82) is 0 Å². The van der Waals surface area contributed by atoms with Crippen LogP contribution < -0.4 is 10.6 Å². The molecule has 0 aliphatic carbocycles. The topological polar surface area (TPSA) is 124 Å². The molecule has 1 aromatic rings. The molecule has 9 heteroatoms. The molecule has 1 aliphatic rings. The second kappa shape index (κ2) is 13.1. The van der Waals surface area contributed by atoms with Crippen LogP contribution in [-0.2, 0) is 22.4 Å². The molecular weight excluding hydrogens is 448 g/mol. The molecule has 35 heavy (non-hydrogen) atoms. The molecule has 0 fully saturated rings. The number of nitrogens with one attached hydrogen (secondary N) is 2. The normalized spacial score (nSPS) is 14.7. The fraction of sp³-hybridized carbons (Fsp3) is 0.731. The van der Waals surface area contributed by atoms with Gasteiger partial charge in [-0.25, -0.2) is 14.6 Å². The lowest BCUT2D eigenvalue weighted by Crippen LogP contribution is -2.45. The van der Waals surface area contributed by atoms with Crippen molar-refractivity contribution in [2.75, 3.05) is 31.5 Å². The standard InChI is InChI=1S/C26H44N4O5/c1-25(2,3)35-24(33)29-21(23(31)32)13-17-30(18-14-26(4,5)34)16-7-6-10-20-12-11-19-9-8-15-27-22(19)28-20/h11-12,21,34H,6-10,13-18H2,1-5H3,(H,27,28)(H,29,33)(H,31,32). The quantitative estimate of drug-likeness (QED) is 0.308. The molecule has 1 unspecified atom stereocenters. The van der Waals surface area contributed by atoms with Crippen molar-refractivity contribution in [2.24, 2.45) is 0 Å². The lowest BCUT2D eigenvalue weighted by Gasteiger charge is -2.28. The van der Waals surface area contributed by atoms with Crippen LogP contribution in [0.3, 0.4) is 0 Å². The van der Waals surface area contributed by atoms with Gasteiger partial charge in [-0.3, -0.25) is 0 Å². The summed E-state index contributed by atoms with van der Waals surface area (Å²) < 4.78 is 5.20. The maximum absolute atomic E-state index is 12.1. The van der Waals surface area contributed by atoms with Gasteiger partial charge in [0.2, 0.25) is 0 Å². The van der Waals surface area contributed by atoms with Gasteiger partial charge in [-0.15, -0.1) is 0 Å². The van der Waals surface area contributed by atoms with Gasteiger partial charge in [-0.1, -0.05) is 6.07 Å². The Morgan fingerprint density at radius 1 is 1.17 bits per heavy atom. The highest BCUT2D eigenvalue weighted by Gasteiger charge is 2.25. The number of amides is 1. The smallest absolute Gasteiger partial charge is 0.408 e. The molecule has 198 valence electrons. The number of aliphatic hydroxyl groups is 1. The molecule has 1 amide bonds. The van der Waals surface area contributed by atoms with E-state index in [1.165, 1.54) is 5.56 Å². The molecule has 1 aliphatic heterocycles. The van der Waals surface area contributed by atoms with Crippen LogP contribution >= 0.6 is 0 Å². The van der Waals surface area contributed by atoms with Crippen LogP contribution in [-0.4, -0.2) is 75.6 Å². The van der Waals surface area contributed by atoms with E-state index in [1.807, 2.05) is 0 Å². The Balaban J connectivity index is 1.87. The van der Waals surface area contributed by atoms with Gasteiger partial charge in [0.15, 0.2) is 0 Å². The van der Waals surface area contributed by atoms with Crippen molar-refractivity contribution in [3.8, 4) is 0 Å². The highest BCUT2D eigenvalue weighted by atomic mass is 16.6. The lowest BCUT2D eigenvalue weighted by molar-refractivity contribution is -0.139. The Morgan fingerprint density at radius 2 is 1.91 bits per heavy atom. The summed E-state index contributed by atoms with van der Waals surface area (Å²) in [5, 5.41) is 25.6. The van der Waals surface area contributed by atoms with Crippen LogP contribution in [0, 0.1) is 0 Å². The van der Waals surface area contributed by atoms with Gasteiger partial charge >= 0.3 is 12.1 Å². The third-order valence-corrected chi connectivity index (χ3v) is 5.87. The Morgan fingerprint density at radius 3 is 2.57 bits per heavy atom. The third kappa shape index (κ3) is 11.7. The zero-order valence-electron chi connectivity index (χ0n) is 22.0. The highest BCUT2D eigenvalue weighted by molar-refractivity contribution is 5.80. The Hall–Kier alpha value is -2.39. The number of aliphatic carboxylic acids is 1. The van der Waals surface area contributed by atoms with Crippen molar-refractivity contribution in [3.63, 3.8) is 0 Å². The van der Waals surface area contributed by atoms with Gasteiger partial charge in [-0.05, 0) is 97.7 Å². The SMILES string of the molecule is CC(C)(O)CCN(CCCCc1ccc2c(n1)NCCC2)CCC(NC(=O)OC(C)(C)C)C(=O)O. The van der Waals surface area contributed by atoms with Gasteiger partial charge in [-0.2, -0.15) is 0 Å². The Labute approximate surface area is 209 Å². The number of rotatable bonds is 13. The number of ether oxygens (including phenoxy) is 1. The molecule has 4 N–H and O–H groups in total. The third-order valence-electron chi connectivity index (χ3n) is 5.87. The van der Waals surface area contributed by atoms with Crippen LogP contribution in [0.4, 0.5) is 10.6 Å². The number of carbonyl (C=O) groups excluding carboxylic acids is 1. The predicted molar refractivity (Wildman–Crippen MR) is 137 cm³/mol. The molecule has 0 aromatic carbocycles. The number of hydrogen-bond acceptors (Lipinski definition) is 7. The minimum absolute atomic E-state index is 0.248. The number of aryl methyl sites for hydroxylation is 2. The van der Waals surface area contributed by atoms with E-state index in [4.69, 9.17) is 9.72 Å². The molecule has 0 saturated heterocycles. The summed E-state index contributed by atoms with van der Waals surface area (Å²) in [6, 6.07) is 3.24. The van der Waals surface area contributed by atoms with Crippen molar-refractivity contribution >= 4 is 17.9 Å². The Bertz CT molecular complexity index is 832. The molecule has 1 aromatic heterocycles. The van der Waals surface area contributed by atoms with Crippen molar-refractivity contribution in [3.05, 3.63) is 23.4 Å². The largest absolute Gasteiger partial charge is 0.480 e. The number of nitrogens with zero attached hydrogens (tertiary/aromatic N) is 2. The monoisotopic (exact) mass is 492 g/mol. The van der Waals surface area contributed by atoms with E-state index >= 15 is 0 Å². The summed E-state index contributed by atoms with van der Waals surface area (Å²) in [6.45, 7) is 11.6. The first-order valence-corrected chi connectivity index (χ1v) is 12.7. The minimum Gasteiger partial charge on any atom is -0.480 e. The summed E-state index contributed by atoms with van der Waals surface area (Å²) in [4.78, 5) is 30.7. The summed E-state index contributed by atoms with van der Waals surface area (Å²) in [7, 11) is 0. The van der Waals surface area contributed by atoms with Crippen LogP contribution in [0.5, 0.6) is 0 Å². The van der Waals surface area contributed by atoms with Crippen LogP contribution in [0.2, 0.25) is 0 Å². The fourth-order valence-corrected chi connectivity index (χ4v) is 3.94. The number of unbranched alkanes of at least 4 members (excludes halogenated alkanes) is 1. The first-order chi connectivity index (χ1) is 16.3. The number of aromatic nitrogens is 1. The van der Waals surface area contributed by atoms with Gasteiger partial charge in [0.1, 0.15) is 17.5 Å². The maximum atomic E-state index is 12.1. The molecule has 0 bridgehead atoms. The average molecular weight is 493 g/mol. The number of fused-ring (bicyclic) bond motifs is 1. The zero-order valence-corrected chi connectivity index (χ0v) is 22.0. The van der Waals surface area contributed by atoms with Gasteiger partial charge in [0.25, 0.3) is 0 Å². The number of anilines is 1. The number of alkyl carbamates (subject to hydrolysis) is 1. The molecule has 0 spiro atoms. The second-order valence-electron chi connectivity index (χ2n) is 11.0. The maximum Gasteiger partial charge on any atom is 0.408 e. The van der Waals surface area contributed by atoms with E-state index in [0.717, 1.165) is 56.7 Å². The first-order valence-electron chi connectivity index (χ1n) is 12.7. The van der Waals surface area contributed by atoms with E-state index in [9.17, 15) is 19.8 Å². The molecule has 1 atom stereocenters. The number of pyridine rings is 1. The van der Waals surface area contributed by atoms with Crippen molar-refractivity contribution in [1.82, 2.24) is 15.2 Å². The lowest BCUT2D eigenvalue weighted by atomic mass is 10.0. The van der Waals surface area contributed by atoms with Crippen molar-refractivity contribution in [2.45, 2.75) is 96.8 Å². The van der Waals surface area contributed by atoms with E-state index in [-0.39, 0.29) is 6.42 Å². The fourth-order valence-electron chi connectivity index (χ4n) is 3.94. The summed E-state index contributed by atoms with van der Waals surface area (Å²) in [6.07, 6.45) is 5.07. The van der Waals surface area contributed by atoms with Crippen LogP contribution in [0.25, 0.3) is 0 Å². The molecule has 9 nitrogen and oxygen atoms in total. The van der Waals surface area contributed by atoms with Gasteiger partial charge < -0.3 is 30.5 Å². The van der Waals surface area contributed by atoms with E-state index in [0.29, 0.717) is 19.5 Å². The van der Waals surface area contributed by atoms with Gasteiger partial charge in [0, 0.05) is 25.3 Å². The number of carboxylic acid groups (broad SMARTS) is 1. The molecule has 2 heterocycles. The molecule has 2 rings (SSSR count). The molecule has 0 saturated carbocycles. The van der Waals surface area contributed by atoms with Crippen LogP contribution in [0.15, 0.2) is 12.1 Å². The summed E-state index contributed by atoms with van der Waals surface area (Å²) in [5.41, 5.74) is 0.855. The van der Waals surface area contributed by atoms with Crippen molar-refractivity contribution < 1.29 is 24.5 Å². The predicted octanol–water partition coefficient (Wildman–Crippen LogP) is 3.59. The summed E-state index contributed by atoms with van der Waals surface area (Å²) in [5.74, 6) is -0.0804.